The lowest BCUT2D eigenvalue weighted by Crippen LogP contribution is -2.42. The van der Waals surface area contributed by atoms with E-state index in [0.717, 1.165) is 32.1 Å². The van der Waals surface area contributed by atoms with Crippen molar-refractivity contribution in [3.05, 3.63) is 17.7 Å². The van der Waals surface area contributed by atoms with Crippen LogP contribution in [0.4, 0.5) is 0 Å². The third-order valence-corrected chi connectivity index (χ3v) is 5.31. The molecule has 1 aromatic heterocycles. The fourth-order valence-electron chi connectivity index (χ4n) is 3.96. The number of aromatic nitrogens is 2. The summed E-state index contributed by atoms with van der Waals surface area (Å²) < 4.78 is 1.75. The SMILES string of the molecule is N#Cc1ncn(C[C@H]2CC[C@@H](NCC(=O)N3CCC[C@H]3C#N)C2)c1C#N. The van der Waals surface area contributed by atoms with E-state index in [4.69, 9.17) is 10.5 Å². The predicted molar refractivity (Wildman–Crippen MR) is 91.1 cm³/mol. The first kappa shape index (κ1) is 17.9. The molecule has 0 bridgehead atoms. The minimum Gasteiger partial charge on any atom is -0.326 e. The van der Waals surface area contributed by atoms with Crippen LogP contribution in [0.3, 0.4) is 0 Å². The van der Waals surface area contributed by atoms with Crippen molar-refractivity contribution in [3.8, 4) is 18.2 Å². The van der Waals surface area contributed by atoms with Gasteiger partial charge in [0.1, 0.15) is 18.2 Å². The number of imidazole rings is 1. The van der Waals surface area contributed by atoms with Crippen molar-refractivity contribution in [2.24, 2.45) is 5.92 Å². The van der Waals surface area contributed by atoms with E-state index < -0.39 is 0 Å². The second-order valence-corrected chi connectivity index (χ2v) is 6.95. The minimum atomic E-state index is -0.277. The van der Waals surface area contributed by atoms with Crippen LogP contribution in [-0.2, 0) is 11.3 Å². The smallest absolute Gasteiger partial charge is 0.237 e. The number of amides is 1. The van der Waals surface area contributed by atoms with Gasteiger partial charge in [-0.2, -0.15) is 15.8 Å². The average molecular weight is 351 g/mol. The van der Waals surface area contributed by atoms with Crippen LogP contribution in [0, 0.1) is 39.9 Å². The van der Waals surface area contributed by atoms with Crippen molar-refractivity contribution in [3.63, 3.8) is 0 Å². The molecule has 2 aliphatic rings. The quantitative estimate of drug-likeness (QED) is 0.841. The number of rotatable bonds is 5. The molecule has 3 rings (SSSR count). The molecule has 2 heterocycles. The molecular weight excluding hydrogens is 330 g/mol. The lowest BCUT2D eigenvalue weighted by molar-refractivity contribution is -0.130. The average Bonchev–Trinajstić information content (AvgIpc) is 3.38. The van der Waals surface area contributed by atoms with Gasteiger partial charge in [0.15, 0.2) is 11.4 Å². The molecule has 1 saturated carbocycles. The molecule has 1 aromatic rings. The molecule has 1 N–H and O–H groups in total. The van der Waals surface area contributed by atoms with Crippen molar-refractivity contribution >= 4 is 5.91 Å². The Morgan fingerprint density at radius 1 is 1.27 bits per heavy atom. The summed E-state index contributed by atoms with van der Waals surface area (Å²) in [6.45, 7) is 1.60. The van der Waals surface area contributed by atoms with Gasteiger partial charge >= 0.3 is 0 Å². The fraction of sp³-hybridized carbons (Fsp3) is 0.611. The summed E-state index contributed by atoms with van der Waals surface area (Å²) in [6, 6.07) is 6.16. The summed E-state index contributed by atoms with van der Waals surface area (Å²) in [4.78, 5) is 17.9. The standard InChI is InChI=1S/C18H21N7O/c19-7-15-2-1-5-25(15)18(26)10-22-14-4-3-13(6-14)11-24-12-23-16(8-20)17(24)9-21/h12-15,22H,1-6,10-11H2/t13-,14+,15-/m0/s1. The maximum atomic E-state index is 12.3. The maximum Gasteiger partial charge on any atom is 0.237 e. The maximum absolute atomic E-state index is 12.3. The molecule has 0 spiro atoms. The Kier molecular flexibility index (Phi) is 5.51. The fourth-order valence-corrected chi connectivity index (χ4v) is 3.96. The van der Waals surface area contributed by atoms with Crippen LogP contribution in [0.1, 0.15) is 43.5 Å². The lowest BCUT2D eigenvalue weighted by Gasteiger charge is -2.21. The van der Waals surface area contributed by atoms with E-state index in [1.807, 2.05) is 12.1 Å². The molecule has 0 unspecified atom stereocenters. The topological polar surface area (TPSA) is 122 Å². The Bertz CT molecular complexity index is 794. The van der Waals surface area contributed by atoms with E-state index in [2.05, 4.69) is 16.4 Å². The van der Waals surface area contributed by atoms with Crippen LogP contribution in [-0.4, -0.2) is 45.5 Å². The van der Waals surface area contributed by atoms with E-state index in [0.29, 0.717) is 24.7 Å². The first-order valence-electron chi connectivity index (χ1n) is 8.94. The molecular formula is C18H21N7O. The van der Waals surface area contributed by atoms with Crippen LogP contribution >= 0.6 is 0 Å². The Labute approximate surface area is 152 Å². The Balaban J connectivity index is 1.48. The summed E-state index contributed by atoms with van der Waals surface area (Å²) in [6.07, 6.45) is 6.11. The molecule has 1 aliphatic heterocycles. The summed E-state index contributed by atoms with van der Waals surface area (Å²) in [7, 11) is 0. The molecule has 1 saturated heterocycles. The number of carbonyl (C=O) groups is 1. The van der Waals surface area contributed by atoms with Gasteiger partial charge < -0.3 is 14.8 Å². The number of carbonyl (C=O) groups excluding carboxylic acids is 1. The summed E-state index contributed by atoms with van der Waals surface area (Å²) in [5.41, 5.74) is 0.485. The van der Waals surface area contributed by atoms with Crippen LogP contribution in [0.15, 0.2) is 6.33 Å². The molecule has 1 amide bonds. The van der Waals surface area contributed by atoms with E-state index in [1.54, 1.807) is 15.8 Å². The number of nitrogens with one attached hydrogen (secondary N) is 1. The van der Waals surface area contributed by atoms with Gasteiger partial charge in [-0.3, -0.25) is 4.79 Å². The normalized spacial score (nSPS) is 24.8. The monoisotopic (exact) mass is 351 g/mol. The summed E-state index contributed by atoms with van der Waals surface area (Å²) in [5.74, 6) is 0.381. The first-order chi connectivity index (χ1) is 12.7. The predicted octanol–water partition coefficient (Wildman–Crippen LogP) is 0.899. The minimum absolute atomic E-state index is 0.00228. The van der Waals surface area contributed by atoms with Crippen LogP contribution in [0.2, 0.25) is 0 Å². The number of hydrogen-bond acceptors (Lipinski definition) is 6. The largest absolute Gasteiger partial charge is 0.326 e. The van der Waals surface area contributed by atoms with Gasteiger partial charge in [0.2, 0.25) is 5.91 Å². The zero-order valence-electron chi connectivity index (χ0n) is 14.6. The van der Waals surface area contributed by atoms with Gasteiger partial charge in [0.25, 0.3) is 0 Å². The highest BCUT2D eigenvalue weighted by atomic mass is 16.2. The van der Waals surface area contributed by atoms with Gasteiger partial charge in [-0.15, -0.1) is 0 Å². The highest BCUT2D eigenvalue weighted by molar-refractivity contribution is 5.79. The summed E-state index contributed by atoms with van der Waals surface area (Å²) in [5, 5.41) is 30.6. The third-order valence-electron chi connectivity index (χ3n) is 5.31. The Morgan fingerprint density at radius 3 is 2.85 bits per heavy atom. The summed E-state index contributed by atoms with van der Waals surface area (Å²) >= 11 is 0. The molecule has 1 aliphatic carbocycles. The Morgan fingerprint density at radius 2 is 2.12 bits per heavy atom. The molecule has 8 nitrogen and oxygen atoms in total. The lowest BCUT2D eigenvalue weighted by atomic mass is 10.1. The Hall–Kier alpha value is -2.89. The zero-order chi connectivity index (χ0) is 18.5. The molecule has 0 radical (unpaired) electrons. The van der Waals surface area contributed by atoms with Crippen molar-refractivity contribution < 1.29 is 4.79 Å². The van der Waals surface area contributed by atoms with Crippen molar-refractivity contribution in [1.29, 1.82) is 15.8 Å². The van der Waals surface area contributed by atoms with Gasteiger partial charge in [0, 0.05) is 19.1 Å². The first-order valence-corrected chi connectivity index (χ1v) is 8.94. The third kappa shape index (κ3) is 3.69. The molecule has 134 valence electrons. The highest BCUT2D eigenvalue weighted by Gasteiger charge is 2.30. The van der Waals surface area contributed by atoms with Crippen molar-refractivity contribution in [2.45, 2.75) is 50.7 Å². The second kappa shape index (κ2) is 7.99. The highest BCUT2D eigenvalue weighted by Crippen LogP contribution is 2.27. The molecule has 2 fully saturated rings. The van der Waals surface area contributed by atoms with Crippen molar-refractivity contribution in [1.82, 2.24) is 19.8 Å². The number of nitrogens with zero attached hydrogens (tertiary/aromatic N) is 6. The van der Waals surface area contributed by atoms with E-state index in [1.165, 1.54) is 0 Å². The van der Waals surface area contributed by atoms with Crippen molar-refractivity contribution in [2.75, 3.05) is 13.1 Å². The van der Waals surface area contributed by atoms with Crippen LogP contribution < -0.4 is 5.32 Å². The van der Waals surface area contributed by atoms with Crippen LogP contribution in [0.25, 0.3) is 0 Å². The van der Waals surface area contributed by atoms with E-state index >= 15 is 0 Å². The van der Waals surface area contributed by atoms with E-state index in [-0.39, 0.29) is 30.2 Å². The molecule has 0 aromatic carbocycles. The number of nitriles is 3. The molecule has 3 atom stereocenters. The number of likely N-dealkylation sites (tertiary alicyclic amines) is 1. The number of hydrogen-bond donors (Lipinski definition) is 1. The van der Waals surface area contributed by atoms with Gasteiger partial charge in [-0.25, -0.2) is 4.98 Å². The van der Waals surface area contributed by atoms with E-state index in [9.17, 15) is 10.1 Å². The molecule has 8 heteroatoms. The van der Waals surface area contributed by atoms with Gasteiger partial charge in [-0.1, -0.05) is 0 Å². The molecule has 26 heavy (non-hydrogen) atoms. The van der Waals surface area contributed by atoms with Gasteiger partial charge in [0.05, 0.1) is 18.9 Å². The second-order valence-electron chi connectivity index (χ2n) is 6.95. The van der Waals surface area contributed by atoms with Crippen LogP contribution in [0.5, 0.6) is 0 Å². The van der Waals surface area contributed by atoms with Gasteiger partial charge in [-0.05, 0) is 38.0 Å². The zero-order valence-corrected chi connectivity index (χ0v) is 14.6.